The molecule has 0 aliphatic heterocycles. The fourth-order valence-corrected chi connectivity index (χ4v) is 5.53. The minimum absolute atomic E-state index is 0.0126. The number of hydrogen-bond donors (Lipinski definition) is 3. The van der Waals surface area contributed by atoms with Crippen molar-refractivity contribution in [1.82, 2.24) is 10.6 Å². The molecule has 7 nitrogen and oxygen atoms in total. The minimum atomic E-state index is -1.19. The zero-order chi connectivity index (χ0) is 25.0. The molecule has 186 valence electrons. The topological polar surface area (TPSA) is 105 Å². The summed E-state index contributed by atoms with van der Waals surface area (Å²) in [5.74, 6) is -1.19. The first-order valence-electron chi connectivity index (χ1n) is 12.4. The lowest BCUT2D eigenvalue weighted by molar-refractivity contribution is -0.150. The van der Waals surface area contributed by atoms with E-state index in [1.807, 2.05) is 38.1 Å². The van der Waals surface area contributed by atoms with E-state index in [1.54, 1.807) is 0 Å². The van der Waals surface area contributed by atoms with Gasteiger partial charge in [-0.3, -0.25) is 4.79 Å². The quantitative estimate of drug-likeness (QED) is 0.510. The van der Waals surface area contributed by atoms with Crippen molar-refractivity contribution in [2.75, 3.05) is 13.2 Å². The highest BCUT2D eigenvalue weighted by atomic mass is 16.5. The van der Waals surface area contributed by atoms with E-state index in [9.17, 15) is 19.5 Å². The van der Waals surface area contributed by atoms with Crippen molar-refractivity contribution in [1.29, 1.82) is 0 Å². The number of aliphatic carboxylic acids is 1. The fraction of sp³-hybridized carbons (Fsp3) is 0.464. The zero-order valence-corrected chi connectivity index (χ0v) is 20.4. The summed E-state index contributed by atoms with van der Waals surface area (Å²) in [4.78, 5) is 36.9. The number of alkyl carbamates (subject to hydrolysis) is 1. The predicted octanol–water partition coefficient (Wildman–Crippen LogP) is 4.70. The van der Waals surface area contributed by atoms with Crippen molar-refractivity contribution >= 4 is 18.0 Å². The Morgan fingerprint density at radius 1 is 1.09 bits per heavy atom. The first-order chi connectivity index (χ1) is 16.8. The largest absolute Gasteiger partial charge is 0.480 e. The molecule has 1 saturated carbocycles. The lowest BCUT2D eigenvalue weighted by atomic mass is 9.76. The van der Waals surface area contributed by atoms with Crippen molar-refractivity contribution in [3.05, 3.63) is 59.7 Å². The van der Waals surface area contributed by atoms with Crippen molar-refractivity contribution in [2.45, 2.75) is 57.4 Å². The van der Waals surface area contributed by atoms with Gasteiger partial charge in [-0.25, -0.2) is 9.59 Å². The number of amides is 2. The normalized spacial score (nSPS) is 21.9. The number of carboxylic acids is 1. The number of hydrogen-bond acceptors (Lipinski definition) is 4. The molecule has 3 atom stereocenters. The first kappa shape index (κ1) is 24.8. The summed E-state index contributed by atoms with van der Waals surface area (Å²) in [6, 6.07) is 16.3. The van der Waals surface area contributed by atoms with Crippen LogP contribution in [-0.2, 0) is 14.3 Å². The molecule has 2 aromatic carbocycles. The van der Waals surface area contributed by atoms with Gasteiger partial charge in [0.1, 0.15) is 12.1 Å². The highest BCUT2D eigenvalue weighted by molar-refractivity contribution is 5.87. The highest BCUT2D eigenvalue weighted by Crippen LogP contribution is 2.44. The Balaban J connectivity index is 1.26. The number of fused-ring (bicyclic) bond motifs is 3. The second-order valence-corrected chi connectivity index (χ2v) is 10.2. The van der Waals surface area contributed by atoms with Crippen LogP contribution in [0.4, 0.5) is 4.79 Å². The molecule has 0 saturated heterocycles. The summed E-state index contributed by atoms with van der Waals surface area (Å²) in [6.45, 7) is 4.36. The van der Waals surface area contributed by atoms with Gasteiger partial charge in [-0.05, 0) is 46.9 Å². The molecule has 2 aliphatic carbocycles. The summed E-state index contributed by atoms with van der Waals surface area (Å²) < 4.78 is 5.55. The Labute approximate surface area is 206 Å². The molecule has 0 radical (unpaired) electrons. The van der Waals surface area contributed by atoms with Gasteiger partial charge in [-0.15, -0.1) is 0 Å². The van der Waals surface area contributed by atoms with Gasteiger partial charge in [-0.1, -0.05) is 75.2 Å². The van der Waals surface area contributed by atoms with Crippen molar-refractivity contribution in [3.8, 4) is 11.1 Å². The maximum atomic E-state index is 12.6. The number of rotatable bonds is 8. The molecule has 0 aromatic heterocycles. The van der Waals surface area contributed by atoms with Gasteiger partial charge in [0.05, 0.1) is 0 Å². The molecule has 2 aromatic rings. The number of carboxylic acid groups (broad SMARTS) is 1. The number of carbonyl (C=O) groups is 3. The molecule has 0 spiro atoms. The average Bonchev–Trinajstić information content (AvgIpc) is 3.15. The Morgan fingerprint density at radius 3 is 2.31 bits per heavy atom. The number of nitrogens with one attached hydrogen (secondary N) is 2. The summed E-state index contributed by atoms with van der Waals surface area (Å²) in [5, 5.41) is 15.3. The van der Waals surface area contributed by atoms with Gasteiger partial charge in [0.15, 0.2) is 0 Å². The Bertz CT molecular complexity index is 1050. The second kappa shape index (κ2) is 10.5. The van der Waals surface area contributed by atoms with Crippen LogP contribution in [0.25, 0.3) is 11.1 Å². The third kappa shape index (κ3) is 5.50. The summed E-state index contributed by atoms with van der Waals surface area (Å²) >= 11 is 0. The van der Waals surface area contributed by atoms with Gasteiger partial charge >= 0.3 is 12.1 Å². The molecule has 0 heterocycles. The van der Waals surface area contributed by atoms with Crippen LogP contribution in [0.5, 0.6) is 0 Å². The molecule has 0 bridgehead atoms. The smallest absolute Gasteiger partial charge is 0.407 e. The van der Waals surface area contributed by atoms with E-state index in [1.165, 1.54) is 11.1 Å². The SMILES string of the molecule is CC(CNC(=O)OCC1c2ccccc2-c2ccccc21)CC(=O)NC1(C(=O)O)CCCC(C)C1. The summed E-state index contributed by atoms with van der Waals surface area (Å²) in [5.41, 5.74) is 3.45. The van der Waals surface area contributed by atoms with Crippen molar-refractivity contribution in [2.24, 2.45) is 11.8 Å². The van der Waals surface area contributed by atoms with E-state index in [-0.39, 0.29) is 43.2 Å². The van der Waals surface area contributed by atoms with Crippen LogP contribution in [0.3, 0.4) is 0 Å². The van der Waals surface area contributed by atoms with E-state index in [2.05, 4.69) is 34.9 Å². The minimum Gasteiger partial charge on any atom is -0.480 e. The first-order valence-corrected chi connectivity index (χ1v) is 12.4. The standard InChI is InChI=1S/C28H34N2O5/c1-18-8-7-13-28(15-18,26(32)33)30-25(31)14-19(2)16-29-27(34)35-17-24-22-11-5-3-9-20(22)21-10-4-6-12-23(21)24/h3-6,9-12,18-19,24H,7-8,13-17H2,1-2H3,(H,29,34)(H,30,31)(H,32,33). The third-order valence-electron chi connectivity index (χ3n) is 7.26. The van der Waals surface area contributed by atoms with E-state index in [0.717, 1.165) is 24.0 Å². The lowest BCUT2D eigenvalue weighted by Gasteiger charge is -2.37. The predicted molar refractivity (Wildman–Crippen MR) is 133 cm³/mol. The Hall–Kier alpha value is -3.35. The molecule has 2 aliphatic rings. The Morgan fingerprint density at radius 2 is 1.71 bits per heavy atom. The molecule has 4 rings (SSSR count). The molecular formula is C28H34N2O5. The average molecular weight is 479 g/mol. The maximum Gasteiger partial charge on any atom is 0.407 e. The van der Waals surface area contributed by atoms with Crippen LogP contribution in [0.1, 0.15) is 63.0 Å². The lowest BCUT2D eigenvalue weighted by Crippen LogP contribution is -2.57. The fourth-order valence-electron chi connectivity index (χ4n) is 5.53. The van der Waals surface area contributed by atoms with Crippen LogP contribution in [0, 0.1) is 11.8 Å². The molecule has 2 amide bonds. The van der Waals surface area contributed by atoms with Crippen molar-refractivity contribution in [3.63, 3.8) is 0 Å². The number of benzene rings is 2. The van der Waals surface area contributed by atoms with E-state index < -0.39 is 17.6 Å². The summed E-state index contributed by atoms with van der Waals surface area (Å²) in [7, 11) is 0. The number of carbonyl (C=O) groups excluding carboxylic acids is 2. The monoisotopic (exact) mass is 478 g/mol. The van der Waals surface area contributed by atoms with Gasteiger partial charge in [-0.2, -0.15) is 0 Å². The van der Waals surface area contributed by atoms with Crippen molar-refractivity contribution < 1.29 is 24.2 Å². The zero-order valence-electron chi connectivity index (χ0n) is 20.4. The van der Waals surface area contributed by atoms with E-state index >= 15 is 0 Å². The maximum absolute atomic E-state index is 12.6. The molecule has 35 heavy (non-hydrogen) atoms. The van der Waals surface area contributed by atoms with Crippen LogP contribution in [0.15, 0.2) is 48.5 Å². The van der Waals surface area contributed by atoms with E-state index in [4.69, 9.17) is 4.74 Å². The Kier molecular flexibility index (Phi) is 7.43. The molecule has 7 heteroatoms. The molecule has 1 fully saturated rings. The van der Waals surface area contributed by atoms with Crippen LogP contribution in [0.2, 0.25) is 0 Å². The molecule has 3 N–H and O–H groups in total. The number of ether oxygens (including phenoxy) is 1. The van der Waals surface area contributed by atoms with Gasteiger partial charge in [0.25, 0.3) is 0 Å². The van der Waals surface area contributed by atoms with Crippen LogP contribution < -0.4 is 10.6 Å². The van der Waals surface area contributed by atoms with Crippen LogP contribution in [-0.4, -0.2) is 41.8 Å². The van der Waals surface area contributed by atoms with Gasteiger partial charge in [0.2, 0.25) is 5.91 Å². The highest BCUT2D eigenvalue weighted by Gasteiger charge is 2.43. The van der Waals surface area contributed by atoms with Gasteiger partial charge in [0, 0.05) is 18.9 Å². The third-order valence-corrected chi connectivity index (χ3v) is 7.26. The van der Waals surface area contributed by atoms with Crippen LogP contribution >= 0.6 is 0 Å². The summed E-state index contributed by atoms with van der Waals surface area (Å²) in [6.07, 6.45) is 2.26. The molecule has 3 unspecified atom stereocenters. The van der Waals surface area contributed by atoms with E-state index in [0.29, 0.717) is 12.8 Å². The van der Waals surface area contributed by atoms with Gasteiger partial charge < -0.3 is 20.5 Å². The second-order valence-electron chi connectivity index (χ2n) is 10.2. The molecular weight excluding hydrogens is 444 g/mol.